The number of rotatable bonds is 4. The van der Waals surface area contributed by atoms with Crippen LogP contribution in [0.3, 0.4) is 0 Å². The van der Waals surface area contributed by atoms with Gasteiger partial charge in [0.15, 0.2) is 0 Å². The van der Waals surface area contributed by atoms with Gasteiger partial charge in [0.05, 0.1) is 12.1 Å². The fraction of sp³-hybridized carbons (Fsp3) is 0.455. The zero-order chi connectivity index (χ0) is 14.8. The summed E-state index contributed by atoms with van der Waals surface area (Å²) in [5, 5.41) is 0. The first-order valence-corrected chi connectivity index (χ1v) is 7.84. The van der Waals surface area contributed by atoms with E-state index in [2.05, 4.69) is 4.98 Å². The number of allylic oxidation sites excluding steroid dienone is 1. The lowest BCUT2D eigenvalue weighted by atomic mass is 10.0. The first kappa shape index (κ1) is 14.9. The van der Waals surface area contributed by atoms with E-state index in [0.29, 0.717) is 12.8 Å². The van der Waals surface area contributed by atoms with Gasteiger partial charge < -0.3 is 20.3 Å². The number of ether oxygens (including phenoxy) is 1. The quantitative estimate of drug-likeness (QED) is 0.536. The molecule has 0 saturated heterocycles. The fourth-order valence-corrected chi connectivity index (χ4v) is 2.41. The maximum Gasteiger partial charge on any atom is 0.351 e. The molecule has 0 aromatic carbocycles. The standard InChI is InChI=1S/C11H16N3O5P/c12-10-5-6-14(11(15)13-10)8-1-3-9(4-2-8)19-7-20(16,17)18/h1,3,5-6,8-9H,2,4,7H2,(H2,12,13,15)(H2,16,17,18)/t8-,9+/m0/s1. The minimum absolute atomic E-state index is 0.148. The van der Waals surface area contributed by atoms with Crippen LogP contribution >= 0.6 is 7.60 Å². The largest absolute Gasteiger partial charge is 0.383 e. The van der Waals surface area contributed by atoms with Crippen molar-refractivity contribution >= 4 is 13.4 Å². The molecule has 1 aliphatic carbocycles. The van der Waals surface area contributed by atoms with Crippen molar-refractivity contribution < 1.29 is 19.1 Å². The van der Waals surface area contributed by atoms with Crippen molar-refractivity contribution in [3.8, 4) is 0 Å². The molecule has 1 aromatic rings. The predicted octanol–water partition coefficient (Wildman–Crippen LogP) is 0.237. The highest BCUT2D eigenvalue weighted by atomic mass is 31.2. The summed E-state index contributed by atoms with van der Waals surface area (Å²) < 4.78 is 17.3. The second-order valence-electron chi connectivity index (χ2n) is 4.57. The van der Waals surface area contributed by atoms with Crippen LogP contribution in [0.15, 0.2) is 29.2 Å². The molecule has 0 aliphatic heterocycles. The van der Waals surface area contributed by atoms with E-state index in [0.717, 1.165) is 0 Å². The second kappa shape index (κ2) is 5.88. The van der Waals surface area contributed by atoms with Crippen LogP contribution < -0.4 is 11.4 Å². The summed E-state index contributed by atoms with van der Waals surface area (Å²) in [4.78, 5) is 32.8. The molecule has 8 nitrogen and oxygen atoms in total. The molecule has 1 heterocycles. The Morgan fingerprint density at radius 2 is 2.20 bits per heavy atom. The van der Waals surface area contributed by atoms with Crippen LogP contribution in [-0.2, 0) is 9.30 Å². The van der Waals surface area contributed by atoms with Gasteiger partial charge in [-0.3, -0.25) is 9.13 Å². The summed E-state index contributed by atoms with van der Waals surface area (Å²) in [5.74, 6) is 0.175. The van der Waals surface area contributed by atoms with Crippen LogP contribution in [0.2, 0.25) is 0 Å². The molecule has 9 heteroatoms. The van der Waals surface area contributed by atoms with Gasteiger partial charge in [0.25, 0.3) is 0 Å². The Morgan fingerprint density at radius 3 is 2.75 bits per heavy atom. The first-order chi connectivity index (χ1) is 9.35. The molecule has 0 unspecified atom stereocenters. The summed E-state index contributed by atoms with van der Waals surface area (Å²) >= 11 is 0. The molecule has 0 bridgehead atoms. The van der Waals surface area contributed by atoms with Crippen molar-refractivity contribution in [3.05, 3.63) is 34.9 Å². The molecule has 2 rings (SSSR count). The van der Waals surface area contributed by atoms with Crippen molar-refractivity contribution in [2.45, 2.75) is 25.0 Å². The highest BCUT2D eigenvalue weighted by molar-refractivity contribution is 7.51. The Balaban J connectivity index is 2.02. The van der Waals surface area contributed by atoms with Crippen molar-refractivity contribution in [3.63, 3.8) is 0 Å². The SMILES string of the molecule is Nc1ccn([C@H]2C=C[C@@H](OCP(=O)(O)O)CC2)c(=O)n1. The minimum Gasteiger partial charge on any atom is -0.383 e. The lowest BCUT2D eigenvalue weighted by Crippen LogP contribution is -2.29. The molecular weight excluding hydrogens is 285 g/mol. The fourth-order valence-electron chi connectivity index (χ4n) is 2.02. The van der Waals surface area contributed by atoms with Crippen molar-refractivity contribution in [1.82, 2.24) is 9.55 Å². The molecule has 0 amide bonds. The average molecular weight is 301 g/mol. The third-order valence-electron chi connectivity index (χ3n) is 2.96. The maximum absolute atomic E-state index is 11.7. The monoisotopic (exact) mass is 301 g/mol. The third kappa shape index (κ3) is 4.01. The van der Waals surface area contributed by atoms with Gasteiger partial charge >= 0.3 is 13.3 Å². The van der Waals surface area contributed by atoms with E-state index in [1.807, 2.05) is 0 Å². The lowest BCUT2D eigenvalue weighted by molar-refractivity contribution is 0.0934. The van der Waals surface area contributed by atoms with Crippen molar-refractivity contribution in [1.29, 1.82) is 0 Å². The van der Waals surface area contributed by atoms with E-state index in [1.54, 1.807) is 24.4 Å². The highest BCUT2D eigenvalue weighted by Gasteiger charge is 2.21. The molecule has 20 heavy (non-hydrogen) atoms. The maximum atomic E-state index is 11.7. The minimum atomic E-state index is -4.15. The van der Waals surface area contributed by atoms with E-state index in [9.17, 15) is 9.36 Å². The Hall–Kier alpha value is -1.47. The van der Waals surface area contributed by atoms with Crippen molar-refractivity contribution in [2.24, 2.45) is 0 Å². The number of aromatic nitrogens is 2. The van der Waals surface area contributed by atoms with E-state index in [4.69, 9.17) is 20.3 Å². The van der Waals surface area contributed by atoms with Gasteiger partial charge in [-0.05, 0) is 18.9 Å². The van der Waals surface area contributed by atoms with Gasteiger partial charge in [-0.1, -0.05) is 12.2 Å². The van der Waals surface area contributed by atoms with Crippen molar-refractivity contribution in [2.75, 3.05) is 12.1 Å². The van der Waals surface area contributed by atoms with Crippen LogP contribution in [0.1, 0.15) is 18.9 Å². The van der Waals surface area contributed by atoms with Gasteiger partial charge in [-0.25, -0.2) is 4.79 Å². The zero-order valence-electron chi connectivity index (χ0n) is 10.6. The molecular formula is C11H16N3O5P. The molecule has 1 aliphatic rings. The van der Waals surface area contributed by atoms with E-state index < -0.39 is 19.6 Å². The van der Waals surface area contributed by atoms with Gasteiger partial charge in [-0.2, -0.15) is 4.98 Å². The molecule has 4 N–H and O–H groups in total. The van der Waals surface area contributed by atoms with Crippen LogP contribution in [0.25, 0.3) is 0 Å². The smallest absolute Gasteiger partial charge is 0.351 e. The third-order valence-corrected chi connectivity index (χ3v) is 3.45. The Morgan fingerprint density at radius 1 is 1.45 bits per heavy atom. The molecule has 0 radical (unpaired) electrons. The average Bonchev–Trinajstić information content (AvgIpc) is 2.36. The van der Waals surface area contributed by atoms with E-state index >= 15 is 0 Å². The normalized spacial score (nSPS) is 22.9. The molecule has 0 saturated carbocycles. The molecule has 2 atom stereocenters. The summed E-state index contributed by atoms with van der Waals surface area (Å²) in [6.07, 6.45) is 5.29. The summed E-state index contributed by atoms with van der Waals surface area (Å²) in [6, 6.07) is 1.40. The molecule has 0 spiro atoms. The number of hydrogen-bond acceptors (Lipinski definition) is 5. The zero-order valence-corrected chi connectivity index (χ0v) is 11.5. The van der Waals surface area contributed by atoms with Gasteiger partial charge in [0, 0.05) is 6.20 Å². The number of hydrogen-bond donors (Lipinski definition) is 3. The highest BCUT2D eigenvalue weighted by Crippen LogP contribution is 2.35. The number of anilines is 1. The van der Waals surface area contributed by atoms with Crippen LogP contribution in [0, 0.1) is 0 Å². The molecule has 1 aromatic heterocycles. The topological polar surface area (TPSA) is 128 Å². The predicted molar refractivity (Wildman–Crippen MR) is 72.1 cm³/mol. The first-order valence-electron chi connectivity index (χ1n) is 6.04. The second-order valence-corrected chi connectivity index (χ2v) is 6.16. The van der Waals surface area contributed by atoms with Crippen LogP contribution in [0.5, 0.6) is 0 Å². The van der Waals surface area contributed by atoms with Gasteiger partial charge in [0.2, 0.25) is 0 Å². The summed E-state index contributed by atoms with van der Waals surface area (Å²) in [5.41, 5.74) is 5.00. The lowest BCUT2D eigenvalue weighted by Gasteiger charge is -2.24. The molecule has 0 fully saturated rings. The van der Waals surface area contributed by atoms with Gasteiger partial charge in [-0.15, -0.1) is 0 Å². The van der Waals surface area contributed by atoms with Crippen LogP contribution in [-0.4, -0.2) is 31.8 Å². The summed E-state index contributed by atoms with van der Waals surface area (Å²) in [6.45, 7) is 0. The van der Waals surface area contributed by atoms with E-state index in [-0.39, 0.29) is 18.0 Å². The Labute approximate surface area is 115 Å². The van der Waals surface area contributed by atoms with Crippen LogP contribution in [0.4, 0.5) is 5.82 Å². The summed E-state index contributed by atoms with van der Waals surface area (Å²) in [7, 11) is -4.15. The number of nitrogens with two attached hydrogens (primary N) is 1. The number of nitrogen functional groups attached to an aromatic ring is 1. The van der Waals surface area contributed by atoms with Gasteiger partial charge in [0.1, 0.15) is 12.2 Å². The van der Waals surface area contributed by atoms with E-state index in [1.165, 1.54) is 4.57 Å². The molecule has 110 valence electrons. The number of nitrogens with zero attached hydrogens (tertiary/aromatic N) is 2. The Bertz CT molecular complexity index is 608. The Kier molecular flexibility index (Phi) is 4.39.